The molecule has 0 aromatic heterocycles. The molecule has 0 bridgehead atoms. The van der Waals surface area contributed by atoms with E-state index in [1.165, 1.54) is 12.2 Å². The van der Waals surface area contributed by atoms with Gasteiger partial charge in [0.05, 0.1) is 0 Å². The van der Waals surface area contributed by atoms with Crippen molar-refractivity contribution in [1.29, 1.82) is 0 Å². The summed E-state index contributed by atoms with van der Waals surface area (Å²) >= 11 is 0. The maximum absolute atomic E-state index is 11.2. The molecule has 0 aliphatic rings. The van der Waals surface area contributed by atoms with Crippen molar-refractivity contribution in [3.63, 3.8) is 0 Å². The van der Waals surface area contributed by atoms with Gasteiger partial charge < -0.3 is 0 Å². The molecule has 1 rings (SSSR count). The quantitative estimate of drug-likeness (QED) is 0.382. The van der Waals surface area contributed by atoms with Crippen molar-refractivity contribution < 1.29 is 9.59 Å². The first-order chi connectivity index (χ1) is 5.84. The van der Waals surface area contributed by atoms with E-state index in [-0.39, 0.29) is 5.78 Å². The van der Waals surface area contributed by atoms with Crippen molar-refractivity contribution >= 4 is 12.1 Å². The third-order valence-electron chi connectivity index (χ3n) is 1.38. The Morgan fingerprint density at radius 1 is 1.17 bits per heavy atom. The van der Waals surface area contributed by atoms with Crippen LogP contribution in [-0.4, -0.2) is 12.1 Å². The van der Waals surface area contributed by atoms with E-state index in [0.29, 0.717) is 11.8 Å². The second kappa shape index (κ2) is 4.23. The minimum Gasteiger partial charge on any atom is -0.299 e. The van der Waals surface area contributed by atoms with Gasteiger partial charge in [0.15, 0.2) is 5.78 Å². The summed E-state index contributed by atoms with van der Waals surface area (Å²) in [6.07, 6.45) is 3.03. The highest BCUT2D eigenvalue weighted by Crippen LogP contribution is 1.99. The molecule has 1 aromatic carbocycles. The Kier molecular flexibility index (Phi) is 2.96. The minimum absolute atomic E-state index is 0.150. The standard InChI is InChI=1S/C10H8O2/c11-8-4-7-10(12)9-5-2-1-3-6-9/h1-8H. The van der Waals surface area contributed by atoms with Gasteiger partial charge in [-0.3, -0.25) is 9.59 Å². The van der Waals surface area contributed by atoms with Crippen LogP contribution in [0.2, 0.25) is 0 Å². The molecule has 0 heterocycles. The molecular formula is C10H8O2. The number of rotatable bonds is 3. The van der Waals surface area contributed by atoms with Gasteiger partial charge in [0.25, 0.3) is 0 Å². The van der Waals surface area contributed by atoms with Crippen molar-refractivity contribution in [2.75, 3.05) is 0 Å². The zero-order chi connectivity index (χ0) is 8.81. The molecule has 0 amide bonds. The number of carbonyl (C=O) groups excluding carboxylic acids is 2. The molecule has 0 unspecified atom stereocenters. The Morgan fingerprint density at radius 3 is 2.42 bits per heavy atom. The van der Waals surface area contributed by atoms with Crippen LogP contribution >= 0.6 is 0 Å². The molecule has 60 valence electrons. The molecular weight excluding hydrogens is 152 g/mol. The van der Waals surface area contributed by atoms with Gasteiger partial charge in [-0.2, -0.15) is 0 Å². The highest BCUT2D eigenvalue weighted by atomic mass is 16.1. The van der Waals surface area contributed by atoms with Gasteiger partial charge in [0.1, 0.15) is 6.29 Å². The number of aldehydes is 1. The lowest BCUT2D eigenvalue weighted by molar-refractivity contribution is -0.104. The average molecular weight is 160 g/mol. The summed E-state index contributed by atoms with van der Waals surface area (Å²) in [6, 6.07) is 8.80. The Labute approximate surface area is 70.5 Å². The Morgan fingerprint density at radius 2 is 1.83 bits per heavy atom. The fourth-order valence-electron chi connectivity index (χ4n) is 0.825. The Bertz CT molecular complexity index is 299. The van der Waals surface area contributed by atoms with E-state index in [9.17, 15) is 9.59 Å². The van der Waals surface area contributed by atoms with E-state index in [4.69, 9.17) is 0 Å². The van der Waals surface area contributed by atoms with Crippen LogP contribution in [0, 0.1) is 0 Å². The third-order valence-corrected chi connectivity index (χ3v) is 1.38. The molecule has 0 spiro atoms. The highest BCUT2D eigenvalue weighted by Gasteiger charge is 1.97. The van der Waals surface area contributed by atoms with E-state index >= 15 is 0 Å². The fraction of sp³-hybridized carbons (Fsp3) is 0. The molecule has 0 aliphatic heterocycles. The van der Waals surface area contributed by atoms with Gasteiger partial charge in [-0.1, -0.05) is 30.3 Å². The van der Waals surface area contributed by atoms with E-state index in [0.717, 1.165) is 0 Å². The largest absolute Gasteiger partial charge is 0.299 e. The van der Waals surface area contributed by atoms with Crippen molar-refractivity contribution in [2.45, 2.75) is 0 Å². The molecule has 0 fully saturated rings. The van der Waals surface area contributed by atoms with E-state index in [1.54, 1.807) is 24.3 Å². The van der Waals surface area contributed by atoms with E-state index in [1.807, 2.05) is 6.07 Å². The summed E-state index contributed by atoms with van der Waals surface area (Å²) in [6.45, 7) is 0. The van der Waals surface area contributed by atoms with Crippen LogP contribution in [0.3, 0.4) is 0 Å². The van der Waals surface area contributed by atoms with Gasteiger partial charge in [-0.05, 0) is 12.2 Å². The molecule has 0 N–H and O–H groups in total. The normalized spacial score (nSPS) is 10.0. The zero-order valence-corrected chi connectivity index (χ0v) is 6.44. The topological polar surface area (TPSA) is 34.1 Å². The van der Waals surface area contributed by atoms with Gasteiger partial charge in [0.2, 0.25) is 0 Å². The highest BCUT2D eigenvalue weighted by molar-refractivity contribution is 6.05. The maximum Gasteiger partial charge on any atom is 0.185 e. The van der Waals surface area contributed by atoms with Crippen molar-refractivity contribution in [3.8, 4) is 0 Å². The van der Waals surface area contributed by atoms with Crippen LogP contribution in [0.1, 0.15) is 10.4 Å². The summed E-state index contributed by atoms with van der Waals surface area (Å²) in [4.78, 5) is 21.1. The smallest absolute Gasteiger partial charge is 0.185 e. The Hall–Kier alpha value is -1.70. The summed E-state index contributed by atoms with van der Waals surface area (Å²) in [5.41, 5.74) is 0.593. The van der Waals surface area contributed by atoms with Crippen LogP contribution in [-0.2, 0) is 4.79 Å². The summed E-state index contributed by atoms with van der Waals surface area (Å²) in [5, 5.41) is 0. The number of ketones is 1. The molecule has 1 aromatic rings. The van der Waals surface area contributed by atoms with E-state index < -0.39 is 0 Å². The van der Waals surface area contributed by atoms with E-state index in [2.05, 4.69) is 0 Å². The average Bonchev–Trinajstić information content (AvgIpc) is 2.15. The number of benzene rings is 1. The first-order valence-corrected chi connectivity index (χ1v) is 3.56. The summed E-state index contributed by atoms with van der Waals surface area (Å²) in [5.74, 6) is -0.150. The number of hydrogen-bond donors (Lipinski definition) is 0. The van der Waals surface area contributed by atoms with Crippen LogP contribution < -0.4 is 0 Å². The first kappa shape index (κ1) is 8.40. The summed E-state index contributed by atoms with van der Waals surface area (Å²) < 4.78 is 0. The summed E-state index contributed by atoms with van der Waals surface area (Å²) in [7, 11) is 0. The lowest BCUT2D eigenvalue weighted by atomic mass is 10.1. The third kappa shape index (κ3) is 2.16. The molecule has 2 nitrogen and oxygen atoms in total. The monoisotopic (exact) mass is 160 g/mol. The predicted molar refractivity (Wildman–Crippen MR) is 46.0 cm³/mol. The SMILES string of the molecule is O=CC=CC(=O)c1ccccc1. The van der Waals surface area contributed by atoms with Crippen molar-refractivity contribution in [1.82, 2.24) is 0 Å². The van der Waals surface area contributed by atoms with Gasteiger partial charge in [-0.25, -0.2) is 0 Å². The maximum atomic E-state index is 11.2. The minimum atomic E-state index is -0.150. The lowest BCUT2D eigenvalue weighted by Crippen LogP contribution is -1.92. The number of allylic oxidation sites excluding steroid dienone is 2. The number of carbonyl (C=O) groups is 2. The van der Waals surface area contributed by atoms with Gasteiger partial charge in [-0.15, -0.1) is 0 Å². The molecule has 0 aliphatic carbocycles. The Balaban J connectivity index is 2.79. The predicted octanol–water partition coefficient (Wildman–Crippen LogP) is 1.62. The lowest BCUT2D eigenvalue weighted by Gasteiger charge is -1.91. The van der Waals surface area contributed by atoms with Gasteiger partial charge >= 0.3 is 0 Å². The molecule has 12 heavy (non-hydrogen) atoms. The van der Waals surface area contributed by atoms with Crippen LogP contribution in [0.5, 0.6) is 0 Å². The molecule has 0 saturated heterocycles. The second-order valence-electron chi connectivity index (χ2n) is 2.23. The zero-order valence-electron chi connectivity index (χ0n) is 6.44. The van der Waals surface area contributed by atoms with Crippen LogP contribution in [0.4, 0.5) is 0 Å². The van der Waals surface area contributed by atoms with Crippen LogP contribution in [0.25, 0.3) is 0 Å². The fourth-order valence-corrected chi connectivity index (χ4v) is 0.825. The first-order valence-electron chi connectivity index (χ1n) is 3.56. The molecule has 0 atom stereocenters. The molecule has 2 heteroatoms. The second-order valence-corrected chi connectivity index (χ2v) is 2.23. The molecule has 0 saturated carbocycles. The molecule has 0 radical (unpaired) electrons. The van der Waals surface area contributed by atoms with Crippen molar-refractivity contribution in [3.05, 3.63) is 48.0 Å². The van der Waals surface area contributed by atoms with Gasteiger partial charge in [0, 0.05) is 5.56 Å². The number of hydrogen-bond acceptors (Lipinski definition) is 2. The van der Waals surface area contributed by atoms with Crippen molar-refractivity contribution in [2.24, 2.45) is 0 Å². The van der Waals surface area contributed by atoms with Crippen LogP contribution in [0.15, 0.2) is 42.5 Å².